The number of aryl methyl sites for hydroxylation is 1. The van der Waals surface area contributed by atoms with Crippen LogP contribution in [0.4, 0.5) is 0 Å². The number of carbonyl (C=O) groups excluding carboxylic acids is 4. The highest BCUT2D eigenvalue weighted by atomic mass is 16.5. The van der Waals surface area contributed by atoms with Crippen molar-refractivity contribution in [3.63, 3.8) is 0 Å². The summed E-state index contributed by atoms with van der Waals surface area (Å²) in [6, 6.07) is 22.2. The van der Waals surface area contributed by atoms with Crippen LogP contribution in [-0.2, 0) is 9.59 Å². The average molecular weight is 460 g/mol. The van der Waals surface area contributed by atoms with Gasteiger partial charge in [0.1, 0.15) is 5.75 Å². The van der Waals surface area contributed by atoms with Crippen molar-refractivity contribution in [2.24, 2.45) is 0 Å². The topological polar surface area (TPSA) is 114 Å². The molecular formula is C26H25N3O5. The summed E-state index contributed by atoms with van der Waals surface area (Å²) in [4.78, 5) is 48.6. The first-order chi connectivity index (χ1) is 16.3. The quantitative estimate of drug-likeness (QED) is 0.354. The normalized spacial score (nSPS) is 11.1. The van der Waals surface area contributed by atoms with Gasteiger partial charge in [-0.3, -0.25) is 30.0 Å². The third-order valence-electron chi connectivity index (χ3n) is 4.88. The highest BCUT2D eigenvalue weighted by molar-refractivity contribution is 6.09. The molecule has 3 aromatic carbocycles. The van der Waals surface area contributed by atoms with E-state index in [0.717, 1.165) is 5.56 Å². The Balaban J connectivity index is 1.42. The molecule has 0 radical (unpaired) electrons. The van der Waals surface area contributed by atoms with Gasteiger partial charge in [-0.15, -0.1) is 0 Å². The molecule has 0 spiro atoms. The molecule has 8 heteroatoms. The Bertz CT molecular complexity index is 1160. The maximum atomic E-state index is 12.5. The summed E-state index contributed by atoms with van der Waals surface area (Å²) in [5, 5.41) is 2.48. The smallest absolute Gasteiger partial charge is 0.279 e. The Kier molecular flexibility index (Phi) is 8.12. The van der Waals surface area contributed by atoms with Crippen LogP contribution in [0.2, 0.25) is 0 Å². The fraction of sp³-hybridized carbons (Fsp3) is 0.154. The molecule has 0 bridgehead atoms. The van der Waals surface area contributed by atoms with E-state index in [9.17, 15) is 19.2 Å². The zero-order valence-electron chi connectivity index (χ0n) is 18.8. The maximum Gasteiger partial charge on any atom is 0.279 e. The van der Waals surface area contributed by atoms with Crippen molar-refractivity contribution in [3.05, 3.63) is 101 Å². The van der Waals surface area contributed by atoms with Gasteiger partial charge in [-0.25, -0.2) is 0 Å². The number of rotatable bonds is 8. The summed E-state index contributed by atoms with van der Waals surface area (Å²) in [5.74, 6) is -1.29. The number of ether oxygens (including phenoxy) is 1. The van der Waals surface area contributed by atoms with Crippen LogP contribution in [0.1, 0.15) is 38.8 Å². The minimum absolute atomic E-state index is 0.116. The molecule has 1 atom stereocenters. The highest BCUT2D eigenvalue weighted by Crippen LogP contribution is 2.16. The van der Waals surface area contributed by atoms with Gasteiger partial charge in [0, 0.05) is 16.7 Å². The first kappa shape index (κ1) is 24.2. The minimum atomic E-state index is -0.918. The van der Waals surface area contributed by atoms with E-state index in [0.29, 0.717) is 22.4 Å². The number of hydrogen-bond donors (Lipinski definition) is 3. The minimum Gasteiger partial charge on any atom is -0.481 e. The average Bonchev–Trinajstić information content (AvgIpc) is 2.86. The van der Waals surface area contributed by atoms with Gasteiger partial charge in [0.15, 0.2) is 11.9 Å². The van der Waals surface area contributed by atoms with Crippen LogP contribution in [-0.4, -0.2) is 36.2 Å². The van der Waals surface area contributed by atoms with Gasteiger partial charge in [0.25, 0.3) is 17.7 Å². The van der Waals surface area contributed by atoms with Gasteiger partial charge < -0.3 is 10.1 Å². The number of nitrogens with one attached hydrogen (secondary N) is 3. The van der Waals surface area contributed by atoms with Gasteiger partial charge in [0.05, 0.1) is 6.54 Å². The second-order valence-electron chi connectivity index (χ2n) is 7.57. The molecule has 1 unspecified atom stereocenters. The molecule has 0 aliphatic heterocycles. The number of carbonyl (C=O) groups is 4. The van der Waals surface area contributed by atoms with Gasteiger partial charge in [-0.2, -0.15) is 0 Å². The Labute approximate surface area is 197 Å². The highest BCUT2D eigenvalue weighted by Gasteiger charge is 2.16. The predicted molar refractivity (Wildman–Crippen MR) is 126 cm³/mol. The second-order valence-corrected chi connectivity index (χ2v) is 7.57. The Morgan fingerprint density at radius 3 is 2.00 bits per heavy atom. The van der Waals surface area contributed by atoms with Crippen molar-refractivity contribution in [3.8, 4) is 5.75 Å². The monoisotopic (exact) mass is 459 g/mol. The summed E-state index contributed by atoms with van der Waals surface area (Å²) in [7, 11) is 0. The second kappa shape index (κ2) is 11.4. The molecule has 0 aromatic heterocycles. The molecule has 3 aromatic rings. The third kappa shape index (κ3) is 6.77. The lowest BCUT2D eigenvalue weighted by molar-refractivity contribution is -0.132. The molecule has 34 heavy (non-hydrogen) atoms. The van der Waals surface area contributed by atoms with Crippen molar-refractivity contribution in [1.29, 1.82) is 0 Å². The molecule has 0 aliphatic carbocycles. The number of amides is 3. The van der Waals surface area contributed by atoms with E-state index in [1.165, 1.54) is 6.92 Å². The first-order valence-corrected chi connectivity index (χ1v) is 10.6. The number of hydrazine groups is 1. The standard InChI is InChI=1S/C26H25N3O5/c1-17-8-10-21(11-9-17)26(33)27-16-23(30)28-29-25(32)18(2)34-22-14-12-20(13-15-22)24(31)19-6-4-3-5-7-19/h3-15,18H,16H2,1-2H3,(H,27,33)(H,28,30)(H,29,32). The van der Waals surface area contributed by atoms with E-state index >= 15 is 0 Å². The van der Waals surface area contributed by atoms with E-state index in [2.05, 4.69) is 16.2 Å². The lowest BCUT2D eigenvalue weighted by Crippen LogP contribution is -2.50. The van der Waals surface area contributed by atoms with Crippen LogP contribution in [0.5, 0.6) is 5.75 Å². The predicted octanol–water partition coefficient (Wildman–Crippen LogP) is 2.57. The van der Waals surface area contributed by atoms with Crippen molar-refractivity contribution in [2.75, 3.05) is 6.54 Å². The molecule has 3 N–H and O–H groups in total. The summed E-state index contributed by atoms with van der Waals surface area (Å²) in [6.45, 7) is 3.12. The maximum absolute atomic E-state index is 12.5. The Morgan fingerprint density at radius 1 is 0.765 bits per heavy atom. The molecule has 0 saturated carbocycles. The molecule has 8 nitrogen and oxygen atoms in total. The summed E-state index contributed by atoms with van der Waals surface area (Å²) >= 11 is 0. The van der Waals surface area contributed by atoms with Crippen LogP contribution in [0.3, 0.4) is 0 Å². The molecule has 3 amide bonds. The SMILES string of the molecule is Cc1ccc(C(=O)NCC(=O)NNC(=O)C(C)Oc2ccc(C(=O)c3ccccc3)cc2)cc1. The summed E-state index contributed by atoms with van der Waals surface area (Å²) in [5.41, 5.74) is 7.01. The van der Waals surface area contributed by atoms with E-state index in [4.69, 9.17) is 4.74 Å². The molecule has 0 saturated heterocycles. The van der Waals surface area contributed by atoms with Crippen LogP contribution in [0, 0.1) is 6.92 Å². The van der Waals surface area contributed by atoms with E-state index < -0.39 is 23.8 Å². The van der Waals surface area contributed by atoms with Gasteiger partial charge in [-0.1, -0.05) is 48.0 Å². The fourth-order valence-electron chi connectivity index (χ4n) is 2.94. The largest absolute Gasteiger partial charge is 0.481 e. The van der Waals surface area contributed by atoms with Crippen LogP contribution >= 0.6 is 0 Å². The molecular weight excluding hydrogens is 434 g/mol. The number of ketones is 1. The number of hydrogen-bond acceptors (Lipinski definition) is 5. The van der Waals surface area contributed by atoms with Gasteiger partial charge in [-0.05, 0) is 50.2 Å². The Hall–Kier alpha value is -4.46. The Morgan fingerprint density at radius 2 is 1.35 bits per heavy atom. The molecule has 3 rings (SSSR count). The summed E-state index contributed by atoms with van der Waals surface area (Å²) in [6.07, 6.45) is -0.918. The molecule has 0 aliphatic rings. The van der Waals surface area contributed by atoms with Gasteiger partial charge >= 0.3 is 0 Å². The van der Waals surface area contributed by atoms with Crippen molar-refractivity contribution in [2.45, 2.75) is 20.0 Å². The number of benzene rings is 3. The van der Waals surface area contributed by atoms with E-state index in [-0.39, 0.29) is 12.3 Å². The van der Waals surface area contributed by atoms with Crippen molar-refractivity contribution < 1.29 is 23.9 Å². The summed E-state index contributed by atoms with van der Waals surface area (Å²) < 4.78 is 5.57. The van der Waals surface area contributed by atoms with Crippen LogP contribution in [0.15, 0.2) is 78.9 Å². The van der Waals surface area contributed by atoms with Gasteiger partial charge in [0.2, 0.25) is 0 Å². The lowest BCUT2D eigenvalue weighted by atomic mass is 10.0. The van der Waals surface area contributed by atoms with E-state index in [1.807, 2.05) is 13.0 Å². The molecule has 0 fully saturated rings. The first-order valence-electron chi connectivity index (χ1n) is 10.6. The zero-order valence-corrected chi connectivity index (χ0v) is 18.8. The molecule has 174 valence electrons. The third-order valence-corrected chi connectivity index (χ3v) is 4.88. The van der Waals surface area contributed by atoms with Crippen LogP contribution in [0.25, 0.3) is 0 Å². The lowest BCUT2D eigenvalue weighted by Gasteiger charge is -2.15. The van der Waals surface area contributed by atoms with Crippen molar-refractivity contribution >= 4 is 23.5 Å². The van der Waals surface area contributed by atoms with E-state index in [1.54, 1.807) is 72.8 Å². The fourth-order valence-corrected chi connectivity index (χ4v) is 2.94. The molecule has 0 heterocycles. The van der Waals surface area contributed by atoms with Crippen LogP contribution < -0.4 is 20.9 Å². The van der Waals surface area contributed by atoms with Crippen molar-refractivity contribution in [1.82, 2.24) is 16.2 Å². The zero-order chi connectivity index (χ0) is 24.5.